The lowest BCUT2D eigenvalue weighted by Crippen LogP contribution is -2.03. The minimum atomic E-state index is -0.0319. The summed E-state index contributed by atoms with van der Waals surface area (Å²) < 4.78 is 4.91. The molecule has 0 aromatic carbocycles. The van der Waals surface area contributed by atoms with Crippen LogP contribution in [0.2, 0.25) is 0 Å². The number of hydrogen-bond donors (Lipinski definition) is 0. The molecule has 0 amide bonds. The van der Waals surface area contributed by atoms with Crippen molar-refractivity contribution in [2.45, 2.75) is 104 Å². The summed E-state index contributed by atoms with van der Waals surface area (Å²) in [6, 6.07) is 0. The van der Waals surface area contributed by atoms with Crippen LogP contribution in [-0.2, 0) is 9.53 Å². The number of unbranched alkanes of at least 4 members (excludes halogenated alkanes) is 12. The molecule has 0 N–H and O–H groups in total. The van der Waals surface area contributed by atoms with Gasteiger partial charge in [0.1, 0.15) is 0 Å². The van der Waals surface area contributed by atoms with E-state index < -0.39 is 0 Å². The van der Waals surface area contributed by atoms with Crippen molar-refractivity contribution in [3.05, 3.63) is 0 Å². The zero-order valence-electron chi connectivity index (χ0n) is 13.9. The highest BCUT2D eigenvalue weighted by Gasteiger charge is 2.00. The van der Waals surface area contributed by atoms with Crippen LogP contribution in [-0.4, -0.2) is 12.6 Å². The highest BCUT2D eigenvalue weighted by Crippen LogP contribution is 2.12. The number of ether oxygens (including phenoxy) is 1. The fourth-order valence-electron chi connectivity index (χ4n) is 2.52. The first-order valence-electron chi connectivity index (χ1n) is 8.96. The summed E-state index contributed by atoms with van der Waals surface area (Å²) in [5, 5.41) is 0. The maximum absolute atomic E-state index is 11.1. The lowest BCUT2D eigenvalue weighted by Gasteiger charge is -2.03. The van der Waals surface area contributed by atoms with E-state index in [0.717, 1.165) is 6.42 Å². The van der Waals surface area contributed by atoms with E-state index in [1.807, 2.05) is 6.92 Å². The number of carbonyl (C=O) groups excluding carboxylic acids is 1. The summed E-state index contributed by atoms with van der Waals surface area (Å²) in [6.07, 6.45) is 18.0. The third-order valence-electron chi connectivity index (χ3n) is 3.79. The predicted octanol–water partition coefficient (Wildman–Crippen LogP) is 6.03. The van der Waals surface area contributed by atoms with Crippen molar-refractivity contribution in [3.63, 3.8) is 0 Å². The number of rotatable bonds is 15. The van der Waals surface area contributed by atoms with Crippen molar-refractivity contribution in [1.29, 1.82) is 0 Å². The van der Waals surface area contributed by atoms with Crippen molar-refractivity contribution in [2.75, 3.05) is 6.61 Å². The Labute approximate surface area is 126 Å². The Kier molecular flexibility index (Phi) is 16.1. The number of carbonyl (C=O) groups is 1. The molecule has 0 aromatic rings. The summed E-state index contributed by atoms with van der Waals surface area (Å²) in [5.74, 6) is -0.0319. The molecule has 2 heteroatoms. The molecule has 2 nitrogen and oxygen atoms in total. The second kappa shape index (κ2) is 16.5. The Hall–Kier alpha value is -0.530. The zero-order valence-corrected chi connectivity index (χ0v) is 13.9. The molecule has 0 heterocycles. The van der Waals surface area contributed by atoms with Gasteiger partial charge in [0.25, 0.3) is 0 Å². The maximum Gasteiger partial charge on any atom is 0.305 e. The molecule has 0 aliphatic carbocycles. The molecule has 0 radical (unpaired) electrons. The van der Waals surface area contributed by atoms with Crippen LogP contribution in [0.5, 0.6) is 0 Å². The average molecular weight is 284 g/mol. The Morgan fingerprint density at radius 2 is 1.05 bits per heavy atom. The molecule has 0 saturated heterocycles. The van der Waals surface area contributed by atoms with Gasteiger partial charge in [-0.05, 0) is 13.3 Å². The van der Waals surface area contributed by atoms with Crippen molar-refractivity contribution in [3.8, 4) is 0 Å². The van der Waals surface area contributed by atoms with Crippen LogP contribution in [0.25, 0.3) is 0 Å². The van der Waals surface area contributed by atoms with Gasteiger partial charge in [0.15, 0.2) is 0 Å². The van der Waals surface area contributed by atoms with E-state index in [2.05, 4.69) is 6.92 Å². The first-order valence-corrected chi connectivity index (χ1v) is 8.96. The summed E-state index contributed by atoms with van der Waals surface area (Å²) >= 11 is 0. The summed E-state index contributed by atoms with van der Waals surface area (Å²) in [7, 11) is 0. The number of esters is 1. The fourth-order valence-corrected chi connectivity index (χ4v) is 2.52. The Morgan fingerprint density at radius 3 is 1.45 bits per heavy atom. The summed E-state index contributed by atoms with van der Waals surface area (Å²) in [4.78, 5) is 11.1. The molecular formula is C18H36O2. The normalized spacial score (nSPS) is 10.7. The zero-order chi connectivity index (χ0) is 14.9. The van der Waals surface area contributed by atoms with E-state index >= 15 is 0 Å². The third-order valence-corrected chi connectivity index (χ3v) is 3.79. The van der Waals surface area contributed by atoms with Crippen LogP contribution in [0, 0.1) is 0 Å². The quantitative estimate of drug-likeness (QED) is 0.271. The van der Waals surface area contributed by atoms with Gasteiger partial charge in [0.05, 0.1) is 6.61 Å². The molecule has 0 unspecified atom stereocenters. The molecule has 0 spiro atoms. The smallest absolute Gasteiger partial charge is 0.305 e. The molecule has 20 heavy (non-hydrogen) atoms. The van der Waals surface area contributed by atoms with Gasteiger partial charge in [-0.2, -0.15) is 0 Å². The number of hydrogen-bond acceptors (Lipinski definition) is 2. The molecule has 0 aliphatic rings. The molecule has 0 atom stereocenters. The maximum atomic E-state index is 11.1. The highest BCUT2D eigenvalue weighted by atomic mass is 16.5. The summed E-state index contributed by atoms with van der Waals surface area (Å²) in [6.45, 7) is 4.64. The lowest BCUT2D eigenvalue weighted by molar-refractivity contribution is -0.143. The Bertz CT molecular complexity index is 202. The topological polar surface area (TPSA) is 26.3 Å². The Balaban J connectivity index is 3.01. The van der Waals surface area contributed by atoms with Gasteiger partial charge in [-0.3, -0.25) is 4.79 Å². The molecule has 0 bridgehead atoms. The van der Waals surface area contributed by atoms with Crippen molar-refractivity contribution < 1.29 is 9.53 Å². The van der Waals surface area contributed by atoms with E-state index in [0.29, 0.717) is 13.0 Å². The minimum Gasteiger partial charge on any atom is -0.466 e. The van der Waals surface area contributed by atoms with Gasteiger partial charge in [0.2, 0.25) is 0 Å². The van der Waals surface area contributed by atoms with E-state index in [1.165, 1.54) is 77.0 Å². The van der Waals surface area contributed by atoms with Crippen LogP contribution in [0.4, 0.5) is 0 Å². The van der Waals surface area contributed by atoms with Gasteiger partial charge >= 0.3 is 5.97 Å². The van der Waals surface area contributed by atoms with E-state index in [4.69, 9.17) is 4.74 Å². The molecule has 0 fully saturated rings. The van der Waals surface area contributed by atoms with Gasteiger partial charge in [-0.1, -0.05) is 84.0 Å². The largest absolute Gasteiger partial charge is 0.466 e. The minimum absolute atomic E-state index is 0.0319. The van der Waals surface area contributed by atoms with E-state index in [-0.39, 0.29) is 5.97 Å². The van der Waals surface area contributed by atoms with Crippen LogP contribution in [0.3, 0.4) is 0 Å². The van der Waals surface area contributed by atoms with Crippen molar-refractivity contribution in [1.82, 2.24) is 0 Å². The van der Waals surface area contributed by atoms with Crippen LogP contribution < -0.4 is 0 Å². The fraction of sp³-hybridized carbons (Fsp3) is 0.944. The predicted molar refractivity (Wildman–Crippen MR) is 86.9 cm³/mol. The lowest BCUT2D eigenvalue weighted by atomic mass is 10.0. The van der Waals surface area contributed by atoms with E-state index in [1.54, 1.807) is 0 Å². The first-order chi connectivity index (χ1) is 9.81. The van der Waals surface area contributed by atoms with Gasteiger partial charge in [-0.15, -0.1) is 0 Å². The Morgan fingerprint density at radius 1 is 0.650 bits per heavy atom. The van der Waals surface area contributed by atoms with Gasteiger partial charge in [0, 0.05) is 6.42 Å². The van der Waals surface area contributed by atoms with Crippen molar-refractivity contribution >= 4 is 5.97 Å². The molecule has 0 aliphatic heterocycles. The monoisotopic (exact) mass is 284 g/mol. The molecule has 120 valence electrons. The summed E-state index contributed by atoms with van der Waals surface area (Å²) in [5.41, 5.74) is 0. The van der Waals surface area contributed by atoms with Gasteiger partial charge in [-0.25, -0.2) is 0 Å². The standard InChI is InChI=1S/C18H36O2/c1-3-5-6-7-8-9-10-11-12-13-14-15-16-17-18(19)20-4-2/h3-17H2,1-2H3. The average Bonchev–Trinajstić information content (AvgIpc) is 2.44. The molecule has 0 saturated carbocycles. The second-order valence-corrected chi connectivity index (χ2v) is 5.80. The van der Waals surface area contributed by atoms with E-state index in [9.17, 15) is 4.79 Å². The van der Waals surface area contributed by atoms with Crippen LogP contribution in [0.15, 0.2) is 0 Å². The van der Waals surface area contributed by atoms with Crippen molar-refractivity contribution in [2.24, 2.45) is 0 Å². The molecule has 0 rings (SSSR count). The SMILES string of the molecule is CCCCCCCCCCCCCCCC(=O)OCC. The molecular weight excluding hydrogens is 248 g/mol. The van der Waals surface area contributed by atoms with Crippen LogP contribution >= 0.6 is 0 Å². The highest BCUT2D eigenvalue weighted by molar-refractivity contribution is 5.69. The van der Waals surface area contributed by atoms with Crippen LogP contribution in [0.1, 0.15) is 104 Å². The molecule has 0 aromatic heterocycles. The third kappa shape index (κ3) is 15.5. The second-order valence-electron chi connectivity index (χ2n) is 5.80. The van der Waals surface area contributed by atoms with Gasteiger partial charge < -0.3 is 4.74 Å². The first kappa shape index (κ1) is 19.5.